The lowest BCUT2D eigenvalue weighted by atomic mass is 10.2. The molecule has 3 N–H and O–H groups in total. The number of nitrogens with zero attached hydrogens (tertiary/aromatic N) is 2. The number of nitrogens with one attached hydrogen (secondary N) is 1. The first kappa shape index (κ1) is 13.5. The topological polar surface area (TPSA) is 93.1 Å². The first-order chi connectivity index (χ1) is 9.63. The van der Waals surface area contributed by atoms with Gasteiger partial charge in [0, 0.05) is 13.2 Å². The first-order valence-electron chi connectivity index (χ1n) is 5.90. The van der Waals surface area contributed by atoms with Gasteiger partial charge in [0.15, 0.2) is 5.69 Å². The van der Waals surface area contributed by atoms with Crippen LogP contribution in [-0.2, 0) is 4.74 Å². The Balaban J connectivity index is 2.74. The molecule has 6 heteroatoms. The third kappa shape index (κ3) is 2.06. The molecule has 0 aliphatic carbocycles. The van der Waals surface area contributed by atoms with Crippen molar-refractivity contribution in [3.05, 3.63) is 41.7 Å². The Morgan fingerprint density at radius 2 is 2.15 bits per heavy atom. The molecule has 0 aliphatic heterocycles. The van der Waals surface area contributed by atoms with E-state index in [-0.39, 0.29) is 16.9 Å². The summed E-state index contributed by atoms with van der Waals surface area (Å²) in [5.41, 5.74) is 7.86. The second-order valence-electron chi connectivity index (χ2n) is 4.05. The van der Waals surface area contributed by atoms with E-state index in [1.807, 2.05) is 30.3 Å². The van der Waals surface area contributed by atoms with Crippen molar-refractivity contribution in [2.24, 2.45) is 0 Å². The number of nitrogens with two attached hydrogens (primary N) is 1. The zero-order valence-corrected chi connectivity index (χ0v) is 11.2. The van der Waals surface area contributed by atoms with Crippen molar-refractivity contribution >= 4 is 17.3 Å². The van der Waals surface area contributed by atoms with E-state index in [9.17, 15) is 4.79 Å². The number of ether oxygens (including phenoxy) is 1. The van der Waals surface area contributed by atoms with Crippen LogP contribution in [0.25, 0.3) is 5.69 Å². The van der Waals surface area contributed by atoms with Gasteiger partial charge >= 0.3 is 5.97 Å². The summed E-state index contributed by atoms with van der Waals surface area (Å²) in [6.45, 7) is 0. The highest BCUT2D eigenvalue weighted by Gasteiger charge is 2.22. The van der Waals surface area contributed by atoms with Gasteiger partial charge in [-0.2, -0.15) is 5.26 Å². The Hall–Kier alpha value is -2.94. The largest absolute Gasteiger partial charge is 0.464 e. The van der Waals surface area contributed by atoms with Crippen LogP contribution in [0, 0.1) is 11.3 Å². The molecule has 0 atom stereocenters. The molecule has 1 aromatic heterocycles. The fraction of sp³-hybridized carbons (Fsp3) is 0.143. The van der Waals surface area contributed by atoms with Crippen LogP contribution in [0.15, 0.2) is 30.5 Å². The van der Waals surface area contributed by atoms with Crippen LogP contribution >= 0.6 is 0 Å². The van der Waals surface area contributed by atoms with Crippen molar-refractivity contribution in [2.45, 2.75) is 0 Å². The summed E-state index contributed by atoms with van der Waals surface area (Å²) in [6.07, 6.45) is 1.53. The monoisotopic (exact) mass is 270 g/mol. The molecule has 0 aliphatic rings. The van der Waals surface area contributed by atoms with Crippen LogP contribution in [0.2, 0.25) is 0 Å². The summed E-state index contributed by atoms with van der Waals surface area (Å²) < 4.78 is 6.30. The van der Waals surface area contributed by atoms with Crippen molar-refractivity contribution in [3.8, 4) is 11.8 Å². The Kier molecular flexibility index (Phi) is 3.62. The van der Waals surface area contributed by atoms with Crippen LogP contribution in [0.3, 0.4) is 0 Å². The average molecular weight is 270 g/mol. The third-order valence-electron chi connectivity index (χ3n) is 2.98. The maximum atomic E-state index is 11.9. The van der Waals surface area contributed by atoms with Crippen molar-refractivity contribution in [3.63, 3.8) is 0 Å². The van der Waals surface area contributed by atoms with Crippen molar-refractivity contribution in [2.75, 3.05) is 25.2 Å². The number of carbonyl (C=O) groups excluding carboxylic acids is 1. The van der Waals surface area contributed by atoms with Gasteiger partial charge in [-0.1, -0.05) is 12.1 Å². The highest BCUT2D eigenvalue weighted by Crippen LogP contribution is 2.28. The number of nitriles is 1. The molecular formula is C14H14N4O2. The van der Waals surface area contributed by atoms with E-state index in [1.165, 1.54) is 13.3 Å². The zero-order chi connectivity index (χ0) is 14.7. The predicted molar refractivity (Wildman–Crippen MR) is 75.8 cm³/mol. The average Bonchev–Trinajstić information content (AvgIpc) is 2.83. The van der Waals surface area contributed by atoms with Crippen LogP contribution < -0.4 is 11.1 Å². The summed E-state index contributed by atoms with van der Waals surface area (Å²) >= 11 is 0. The first-order valence-corrected chi connectivity index (χ1v) is 5.90. The Labute approximate surface area is 116 Å². The van der Waals surface area contributed by atoms with Crippen LogP contribution in [-0.4, -0.2) is 24.7 Å². The molecule has 0 fully saturated rings. The molecule has 2 rings (SSSR count). The van der Waals surface area contributed by atoms with Gasteiger partial charge in [0.05, 0.1) is 29.7 Å². The van der Waals surface area contributed by atoms with E-state index < -0.39 is 5.97 Å². The lowest BCUT2D eigenvalue weighted by Crippen LogP contribution is -2.12. The van der Waals surface area contributed by atoms with Crippen LogP contribution in [0.4, 0.5) is 11.4 Å². The van der Waals surface area contributed by atoms with E-state index in [0.717, 1.165) is 5.69 Å². The van der Waals surface area contributed by atoms with Gasteiger partial charge in [-0.05, 0) is 12.1 Å². The minimum atomic E-state index is -0.588. The number of rotatable bonds is 3. The molecule has 0 spiro atoms. The molecule has 1 heterocycles. The molecule has 0 amide bonds. The lowest BCUT2D eigenvalue weighted by Gasteiger charge is -2.12. The molecule has 0 saturated heterocycles. The molecular weight excluding hydrogens is 256 g/mol. The maximum absolute atomic E-state index is 11.9. The number of esters is 1. The molecule has 0 radical (unpaired) electrons. The van der Waals surface area contributed by atoms with Gasteiger partial charge in [0.25, 0.3) is 0 Å². The van der Waals surface area contributed by atoms with Crippen molar-refractivity contribution in [1.29, 1.82) is 5.26 Å². The van der Waals surface area contributed by atoms with E-state index in [1.54, 1.807) is 11.6 Å². The Bertz CT molecular complexity index is 698. The predicted octanol–water partition coefficient (Wildman–Crippen LogP) is 1.76. The number of hydrogen-bond donors (Lipinski definition) is 2. The summed E-state index contributed by atoms with van der Waals surface area (Å²) in [4.78, 5) is 11.9. The van der Waals surface area contributed by atoms with E-state index in [0.29, 0.717) is 5.69 Å². The number of methoxy groups -OCH3 is 1. The quantitative estimate of drug-likeness (QED) is 0.829. The molecule has 2 aromatic rings. The smallest absolute Gasteiger partial charge is 0.357 e. The fourth-order valence-corrected chi connectivity index (χ4v) is 2.00. The molecule has 0 unspecified atom stereocenters. The Morgan fingerprint density at radius 3 is 2.75 bits per heavy atom. The van der Waals surface area contributed by atoms with Gasteiger partial charge in [0.2, 0.25) is 0 Å². The van der Waals surface area contributed by atoms with E-state index in [2.05, 4.69) is 5.32 Å². The standard InChI is InChI=1S/C14H14N4O2/c1-17-10-5-3-4-6-11(10)18-8-9(7-15)12(16)13(18)14(19)20-2/h3-6,8,17H,16H2,1-2H3. The van der Waals surface area contributed by atoms with Gasteiger partial charge in [-0.3, -0.25) is 0 Å². The molecule has 6 nitrogen and oxygen atoms in total. The summed E-state index contributed by atoms with van der Waals surface area (Å²) in [5, 5.41) is 12.1. The number of carbonyl (C=O) groups is 1. The summed E-state index contributed by atoms with van der Waals surface area (Å²) in [7, 11) is 3.05. The number of aromatic nitrogens is 1. The summed E-state index contributed by atoms with van der Waals surface area (Å²) in [5.74, 6) is -0.588. The minimum absolute atomic E-state index is 0.116. The normalized spacial score (nSPS) is 9.85. The van der Waals surface area contributed by atoms with E-state index in [4.69, 9.17) is 15.7 Å². The maximum Gasteiger partial charge on any atom is 0.357 e. The molecule has 20 heavy (non-hydrogen) atoms. The highest BCUT2D eigenvalue weighted by molar-refractivity contribution is 5.96. The van der Waals surface area contributed by atoms with Gasteiger partial charge in [0.1, 0.15) is 6.07 Å². The minimum Gasteiger partial charge on any atom is -0.464 e. The molecule has 0 saturated carbocycles. The van der Waals surface area contributed by atoms with Crippen LogP contribution in [0.1, 0.15) is 16.1 Å². The Morgan fingerprint density at radius 1 is 1.45 bits per heavy atom. The third-order valence-corrected chi connectivity index (χ3v) is 2.98. The number of benzene rings is 1. The second-order valence-corrected chi connectivity index (χ2v) is 4.05. The van der Waals surface area contributed by atoms with Gasteiger partial charge in [-0.15, -0.1) is 0 Å². The molecule has 1 aromatic carbocycles. The number of nitrogen functional groups attached to an aromatic ring is 1. The van der Waals surface area contributed by atoms with Gasteiger partial charge in [-0.25, -0.2) is 4.79 Å². The van der Waals surface area contributed by atoms with Crippen molar-refractivity contribution in [1.82, 2.24) is 4.57 Å². The SMILES string of the molecule is CNc1ccccc1-n1cc(C#N)c(N)c1C(=O)OC. The summed E-state index contributed by atoms with van der Waals surface area (Å²) in [6, 6.07) is 9.35. The van der Waals surface area contributed by atoms with Crippen LogP contribution in [0.5, 0.6) is 0 Å². The number of para-hydroxylation sites is 2. The van der Waals surface area contributed by atoms with Gasteiger partial charge < -0.3 is 20.4 Å². The highest BCUT2D eigenvalue weighted by atomic mass is 16.5. The van der Waals surface area contributed by atoms with Crippen molar-refractivity contribution < 1.29 is 9.53 Å². The lowest BCUT2D eigenvalue weighted by molar-refractivity contribution is 0.0593. The second kappa shape index (κ2) is 5.36. The van der Waals surface area contributed by atoms with E-state index >= 15 is 0 Å². The number of hydrogen-bond acceptors (Lipinski definition) is 5. The molecule has 102 valence electrons. The molecule has 0 bridgehead atoms. The fourth-order valence-electron chi connectivity index (χ4n) is 2.00. The number of anilines is 2. The zero-order valence-electron chi connectivity index (χ0n) is 11.2.